The van der Waals surface area contributed by atoms with Crippen molar-refractivity contribution in [1.29, 1.82) is 0 Å². The van der Waals surface area contributed by atoms with Crippen molar-refractivity contribution in [3.63, 3.8) is 0 Å². The largest absolute Gasteiger partial charge is 0.391 e. The van der Waals surface area contributed by atoms with Gasteiger partial charge in [0.2, 0.25) is 0 Å². The Morgan fingerprint density at radius 2 is 1.95 bits per heavy atom. The van der Waals surface area contributed by atoms with Crippen LogP contribution in [0.4, 0.5) is 11.5 Å². The maximum absolute atomic E-state index is 12.4. The van der Waals surface area contributed by atoms with Gasteiger partial charge in [0, 0.05) is 11.9 Å². The minimum Gasteiger partial charge on any atom is -0.391 e. The molecule has 5 nitrogen and oxygen atoms in total. The minimum atomic E-state index is -0.363. The van der Waals surface area contributed by atoms with E-state index >= 15 is 0 Å². The maximum Gasteiger partial charge on any atom is 0.265 e. The van der Waals surface area contributed by atoms with Crippen molar-refractivity contribution in [3.8, 4) is 0 Å². The van der Waals surface area contributed by atoms with Gasteiger partial charge in [-0.15, -0.1) is 0 Å². The number of aliphatic hydroxyl groups is 1. The highest BCUT2D eigenvalue weighted by Gasteiger charge is 2.12. The zero-order chi connectivity index (χ0) is 14.8. The van der Waals surface area contributed by atoms with E-state index in [4.69, 9.17) is 0 Å². The summed E-state index contributed by atoms with van der Waals surface area (Å²) in [6, 6.07) is 13.0. The lowest BCUT2D eigenvalue weighted by molar-refractivity contribution is 0.280. The number of aromatic nitrogens is 2. The van der Waals surface area contributed by atoms with Crippen molar-refractivity contribution in [3.05, 3.63) is 70.1 Å². The second kappa shape index (κ2) is 5.38. The molecular formula is C16H15N3O2. The minimum absolute atomic E-state index is 0.252. The molecule has 0 radical (unpaired) electrons. The van der Waals surface area contributed by atoms with E-state index in [0.29, 0.717) is 11.5 Å². The van der Waals surface area contributed by atoms with Crippen molar-refractivity contribution >= 4 is 17.2 Å². The number of aryl methyl sites for hydroxylation is 1. The van der Waals surface area contributed by atoms with E-state index in [2.05, 4.69) is 10.3 Å². The van der Waals surface area contributed by atoms with Gasteiger partial charge in [-0.3, -0.25) is 9.20 Å². The number of aliphatic hydroxyl groups excluding tert-OH is 1. The topological polar surface area (TPSA) is 66.6 Å². The Morgan fingerprint density at radius 3 is 2.71 bits per heavy atom. The molecule has 0 amide bonds. The number of hydrogen-bond acceptors (Lipinski definition) is 4. The average Bonchev–Trinajstić information content (AvgIpc) is 2.50. The fourth-order valence-corrected chi connectivity index (χ4v) is 2.21. The second-order valence-electron chi connectivity index (χ2n) is 4.77. The third-order valence-corrected chi connectivity index (χ3v) is 3.38. The molecule has 21 heavy (non-hydrogen) atoms. The lowest BCUT2D eigenvalue weighted by Crippen LogP contribution is -2.21. The summed E-state index contributed by atoms with van der Waals surface area (Å²) in [7, 11) is 0. The molecule has 0 saturated heterocycles. The molecule has 0 atom stereocenters. The summed E-state index contributed by atoms with van der Waals surface area (Å²) < 4.78 is 1.43. The van der Waals surface area contributed by atoms with Gasteiger partial charge < -0.3 is 10.4 Å². The van der Waals surface area contributed by atoms with Gasteiger partial charge in [0.1, 0.15) is 11.5 Å². The normalized spacial score (nSPS) is 10.8. The summed E-state index contributed by atoms with van der Waals surface area (Å²) in [6.07, 6.45) is 1.64. The van der Waals surface area contributed by atoms with Crippen LogP contribution in [-0.2, 0) is 6.61 Å². The number of pyridine rings is 1. The highest BCUT2D eigenvalue weighted by Crippen LogP contribution is 2.20. The summed E-state index contributed by atoms with van der Waals surface area (Å²) >= 11 is 0. The van der Waals surface area contributed by atoms with Crippen LogP contribution in [0.3, 0.4) is 0 Å². The fraction of sp³-hybridized carbons (Fsp3) is 0.125. The van der Waals surface area contributed by atoms with Gasteiger partial charge in [-0.25, -0.2) is 4.98 Å². The van der Waals surface area contributed by atoms with Crippen LogP contribution >= 0.6 is 0 Å². The zero-order valence-electron chi connectivity index (χ0n) is 11.6. The van der Waals surface area contributed by atoms with Crippen LogP contribution in [0.2, 0.25) is 0 Å². The van der Waals surface area contributed by atoms with Crippen LogP contribution in [-0.4, -0.2) is 14.5 Å². The predicted molar refractivity (Wildman–Crippen MR) is 81.8 cm³/mol. The van der Waals surface area contributed by atoms with Gasteiger partial charge in [-0.1, -0.05) is 24.3 Å². The SMILES string of the molecule is Cc1ccccc1Nc1nc2ccccn2c(=O)c1CO. The smallest absolute Gasteiger partial charge is 0.265 e. The molecule has 0 saturated carbocycles. The molecule has 0 fully saturated rings. The molecule has 2 N–H and O–H groups in total. The van der Waals surface area contributed by atoms with Crippen LogP contribution in [0.15, 0.2) is 53.5 Å². The van der Waals surface area contributed by atoms with Gasteiger partial charge >= 0.3 is 0 Å². The Balaban J connectivity index is 2.18. The fourth-order valence-electron chi connectivity index (χ4n) is 2.21. The lowest BCUT2D eigenvalue weighted by atomic mass is 10.2. The van der Waals surface area contributed by atoms with Gasteiger partial charge in [0.25, 0.3) is 5.56 Å². The number of para-hydroxylation sites is 1. The van der Waals surface area contributed by atoms with E-state index in [1.165, 1.54) is 4.40 Å². The van der Waals surface area contributed by atoms with E-state index in [1.807, 2.05) is 37.3 Å². The first-order valence-corrected chi connectivity index (χ1v) is 6.64. The second-order valence-corrected chi connectivity index (χ2v) is 4.77. The van der Waals surface area contributed by atoms with Crippen LogP contribution in [0.25, 0.3) is 5.65 Å². The molecule has 0 aliphatic rings. The molecule has 0 aliphatic carbocycles. The van der Waals surface area contributed by atoms with Crippen LogP contribution in [0, 0.1) is 6.92 Å². The first kappa shape index (κ1) is 13.3. The Hall–Kier alpha value is -2.66. The van der Waals surface area contributed by atoms with Crippen LogP contribution in [0.1, 0.15) is 11.1 Å². The van der Waals surface area contributed by atoms with Crippen molar-refractivity contribution in [2.24, 2.45) is 0 Å². The lowest BCUT2D eigenvalue weighted by Gasteiger charge is -2.12. The molecule has 3 aromatic rings. The Morgan fingerprint density at radius 1 is 1.19 bits per heavy atom. The molecule has 106 valence electrons. The summed E-state index contributed by atoms with van der Waals surface area (Å²) in [6.45, 7) is 1.60. The number of benzene rings is 1. The third kappa shape index (κ3) is 2.39. The molecule has 1 aromatic carbocycles. The number of rotatable bonds is 3. The molecule has 0 unspecified atom stereocenters. The molecule has 3 rings (SSSR count). The van der Waals surface area contributed by atoms with Crippen LogP contribution in [0.5, 0.6) is 0 Å². The average molecular weight is 281 g/mol. The van der Waals surface area contributed by atoms with E-state index in [1.54, 1.807) is 18.3 Å². The molecule has 0 spiro atoms. The molecule has 5 heteroatoms. The quantitative estimate of drug-likeness (QED) is 0.772. The van der Waals surface area contributed by atoms with E-state index in [-0.39, 0.29) is 17.7 Å². The number of anilines is 2. The molecule has 2 aromatic heterocycles. The third-order valence-electron chi connectivity index (χ3n) is 3.38. The van der Waals surface area contributed by atoms with Gasteiger partial charge in [-0.2, -0.15) is 0 Å². The van der Waals surface area contributed by atoms with Gasteiger partial charge in [0.15, 0.2) is 0 Å². The number of fused-ring (bicyclic) bond motifs is 1. The Kier molecular flexibility index (Phi) is 3.41. The van der Waals surface area contributed by atoms with Gasteiger partial charge in [-0.05, 0) is 30.7 Å². The van der Waals surface area contributed by atoms with Crippen molar-refractivity contribution < 1.29 is 5.11 Å². The highest BCUT2D eigenvalue weighted by atomic mass is 16.3. The maximum atomic E-state index is 12.4. The van der Waals surface area contributed by atoms with E-state index < -0.39 is 0 Å². The molecule has 0 bridgehead atoms. The first-order chi connectivity index (χ1) is 10.2. The standard InChI is InChI=1S/C16H15N3O2/c1-11-6-2-3-7-13(11)17-15-12(10-20)16(21)19-9-5-4-8-14(19)18-15/h2-9,17,20H,10H2,1H3. The van der Waals surface area contributed by atoms with E-state index in [9.17, 15) is 9.90 Å². The zero-order valence-corrected chi connectivity index (χ0v) is 11.6. The Labute approximate surface area is 121 Å². The highest BCUT2D eigenvalue weighted by molar-refractivity contribution is 5.64. The van der Waals surface area contributed by atoms with Crippen LogP contribution < -0.4 is 10.9 Å². The Bertz CT molecular complexity index is 856. The van der Waals surface area contributed by atoms with Crippen molar-refractivity contribution in [2.75, 3.05) is 5.32 Å². The molecule has 0 aliphatic heterocycles. The number of nitrogens with one attached hydrogen (secondary N) is 1. The van der Waals surface area contributed by atoms with Gasteiger partial charge in [0.05, 0.1) is 12.2 Å². The number of nitrogens with zero attached hydrogens (tertiary/aromatic N) is 2. The predicted octanol–water partition coefficient (Wildman–Crippen LogP) is 2.24. The first-order valence-electron chi connectivity index (χ1n) is 6.64. The summed E-state index contributed by atoms with van der Waals surface area (Å²) in [5, 5.41) is 12.7. The number of hydrogen-bond donors (Lipinski definition) is 2. The molecule has 2 heterocycles. The monoisotopic (exact) mass is 281 g/mol. The van der Waals surface area contributed by atoms with Crippen molar-refractivity contribution in [1.82, 2.24) is 9.38 Å². The summed E-state index contributed by atoms with van der Waals surface area (Å²) in [5.74, 6) is 0.392. The van der Waals surface area contributed by atoms with E-state index in [0.717, 1.165) is 11.3 Å². The van der Waals surface area contributed by atoms with Crippen molar-refractivity contribution in [2.45, 2.75) is 13.5 Å². The summed E-state index contributed by atoms with van der Waals surface area (Å²) in [4.78, 5) is 16.8. The summed E-state index contributed by atoms with van der Waals surface area (Å²) in [5.41, 5.74) is 2.42. The molecular weight excluding hydrogens is 266 g/mol.